The van der Waals surface area contributed by atoms with Crippen LogP contribution in [-0.4, -0.2) is 26.8 Å². The minimum atomic E-state index is -0.754. The van der Waals surface area contributed by atoms with Crippen LogP contribution in [0.2, 0.25) is 0 Å². The number of nitrogens with one attached hydrogen (secondary N) is 1. The minimum Gasteiger partial charge on any atom is -0.435 e. The molecule has 0 spiro atoms. The average Bonchev–Trinajstić information content (AvgIpc) is 3.20. The van der Waals surface area contributed by atoms with Crippen LogP contribution in [0, 0.1) is 24.1 Å². The van der Waals surface area contributed by atoms with E-state index < -0.39 is 17.6 Å². The fraction of sp³-hybridized carbons (Fsp3) is 0.0833. The van der Waals surface area contributed by atoms with Crippen LogP contribution in [0.3, 0.4) is 0 Å². The third kappa shape index (κ3) is 5.45. The van der Waals surface area contributed by atoms with Crippen LogP contribution >= 0.6 is 11.3 Å². The van der Waals surface area contributed by atoms with Crippen LogP contribution in [0.15, 0.2) is 54.7 Å². The number of hydrogen-bond acceptors (Lipinski definition) is 8. The summed E-state index contributed by atoms with van der Waals surface area (Å²) in [5.41, 5.74) is 7.08. The zero-order chi connectivity index (χ0) is 24.9. The highest BCUT2D eigenvalue weighted by atomic mass is 32.1. The number of rotatable bonds is 7. The van der Waals surface area contributed by atoms with Crippen LogP contribution in [0.4, 0.5) is 9.52 Å². The van der Waals surface area contributed by atoms with Crippen molar-refractivity contribution < 1.29 is 18.7 Å². The van der Waals surface area contributed by atoms with Gasteiger partial charge in [0.25, 0.3) is 5.91 Å². The van der Waals surface area contributed by atoms with E-state index in [1.165, 1.54) is 41.8 Å². The summed E-state index contributed by atoms with van der Waals surface area (Å²) in [6.45, 7) is 1.84. The molecule has 0 aliphatic heterocycles. The van der Waals surface area contributed by atoms with Gasteiger partial charge >= 0.3 is 0 Å². The lowest BCUT2D eigenvalue weighted by molar-refractivity contribution is -0.115. The molecule has 11 heteroatoms. The molecular formula is C24H17FN6O3S. The minimum absolute atomic E-state index is 0.0167. The fourth-order valence-electron chi connectivity index (χ4n) is 3.17. The number of benzene rings is 1. The molecule has 3 aromatic heterocycles. The van der Waals surface area contributed by atoms with E-state index in [1.807, 2.05) is 13.0 Å². The smallest absolute Gasteiger partial charge is 0.254 e. The molecule has 1 aromatic carbocycles. The zero-order valence-electron chi connectivity index (χ0n) is 18.3. The summed E-state index contributed by atoms with van der Waals surface area (Å²) in [7, 11) is 0. The van der Waals surface area contributed by atoms with Gasteiger partial charge in [0.1, 0.15) is 23.0 Å². The van der Waals surface area contributed by atoms with Crippen molar-refractivity contribution in [2.24, 2.45) is 5.73 Å². The van der Waals surface area contributed by atoms with Gasteiger partial charge in [-0.2, -0.15) is 5.26 Å². The molecular weight excluding hydrogens is 471 g/mol. The van der Waals surface area contributed by atoms with E-state index in [2.05, 4.69) is 20.3 Å². The first-order chi connectivity index (χ1) is 16.8. The molecule has 0 bridgehead atoms. The monoisotopic (exact) mass is 488 g/mol. The second-order valence-corrected chi connectivity index (χ2v) is 8.46. The van der Waals surface area contributed by atoms with Gasteiger partial charge in [0.2, 0.25) is 11.8 Å². The Labute approximate surface area is 203 Å². The third-order valence-electron chi connectivity index (χ3n) is 4.75. The first kappa shape index (κ1) is 23.5. The lowest BCUT2D eigenvalue weighted by atomic mass is 10.1. The number of nitrogens with two attached hydrogens (primary N) is 1. The highest BCUT2D eigenvalue weighted by Crippen LogP contribution is 2.30. The number of hydrogen-bond donors (Lipinski definition) is 2. The number of aromatic nitrogens is 3. The Morgan fingerprint density at radius 3 is 2.77 bits per heavy atom. The fourth-order valence-corrected chi connectivity index (χ4v) is 4.00. The molecule has 0 saturated carbocycles. The Kier molecular flexibility index (Phi) is 6.75. The first-order valence-corrected chi connectivity index (χ1v) is 11.0. The number of anilines is 1. The number of halogens is 1. The van der Waals surface area contributed by atoms with Gasteiger partial charge in [-0.25, -0.2) is 19.3 Å². The number of primary amides is 1. The van der Waals surface area contributed by atoms with Gasteiger partial charge in [0, 0.05) is 11.1 Å². The molecule has 0 unspecified atom stereocenters. The van der Waals surface area contributed by atoms with Crippen LogP contribution in [0.1, 0.15) is 26.5 Å². The lowest BCUT2D eigenvalue weighted by Crippen LogP contribution is -2.14. The Hall–Kier alpha value is -4.69. The van der Waals surface area contributed by atoms with Crippen molar-refractivity contribution in [3.63, 3.8) is 0 Å². The summed E-state index contributed by atoms with van der Waals surface area (Å²) >= 11 is 1.27. The van der Waals surface area contributed by atoms with Gasteiger partial charge in [-0.15, -0.1) is 11.3 Å². The van der Waals surface area contributed by atoms with Gasteiger partial charge in [0.15, 0.2) is 16.7 Å². The van der Waals surface area contributed by atoms with E-state index in [0.29, 0.717) is 22.1 Å². The molecule has 3 N–H and O–H groups in total. The number of nitriles is 1. The van der Waals surface area contributed by atoms with Crippen LogP contribution in [0.5, 0.6) is 11.6 Å². The van der Waals surface area contributed by atoms with Crippen molar-refractivity contribution in [2.75, 3.05) is 5.32 Å². The lowest BCUT2D eigenvalue weighted by Gasteiger charge is -2.09. The Morgan fingerprint density at radius 1 is 1.20 bits per heavy atom. The molecule has 0 radical (unpaired) electrons. The Balaban J connectivity index is 1.44. The molecule has 3 heterocycles. The van der Waals surface area contributed by atoms with Crippen molar-refractivity contribution in [2.45, 2.75) is 13.3 Å². The number of nitrogens with zero attached hydrogens (tertiary/aromatic N) is 4. The van der Waals surface area contributed by atoms with Gasteiger partial charge in [-0.05, 0) is 48.9 Å². The molecule has 0 saturated heterocycles. The van der Waals surface area contributed by atoms with Crippen molar-refractivity contribution in [3.05, 3.63) is 82.2 Å². The normalized spacial score (nSPS) is 10.4. The molecule has 9 nitrogen and oxygen atoms in total. The molecule has 4 aromatic rings. The predicted molar refractivity (Wildman–Crippen MR) is 126 cm³/mol. The van der Waals surface area contributed by atoms with E-state index in [1.54, 1.807) is 18.2 Å². The molecule has 174 valence electrons. The van der Waals surface area contributed by atoms with Crippen LogP contribution in [0.25, 0.3) is 11.4 Å². The number of ether oxygens (including phenoxy) is 1. The van der Waals surface area contributed by atoms with Gasteiger partial charge < -0.3 is 15.8 Å². The number of carbonyl (C=O) groups excluding carboxylic acids is 2. The largest absolute Gasteiger partial charge is 0.435 e. The Morgan fingerprint density at radius 2 is 2.03 bits per heavy atom. The Bertz CT molecular complexity index is 1480. The summed E-state index contributed by atoms with van der Waals surface area (Å²) in [4.78, 5) is 37.4. The topological polar surface area (TPSA) is 144 Å². The summed E-state index contributed by atoms with van der Waals surface area (Å²) in [6, 6.07) is 14.0. The zero-order valence-corrected chi connectivity index (χ0v) is 19.1. The van der Waals surface area contributed by atoms with E-state index in [0.717, 1.165) is 10.9 Å². The van der Waals surface area contributed by atoms with E-state index in [9.17, 15) is 14.0 Å². The number of pyridine rings is 2. The van der Waals surface area contributed by atoms with Crippen molar-refractivity contribution in [1.29, 1.82) is 5.26 Å². The van der Waals surface area contributed by atoms with E-state index in [4.69, 9.17) is 15.7 Å². The number of amides is 2. The second-order valence-electron chi connectivity index (χ2n) is 7.26. The number of aryl methyl sites for hydroxylation is 1. The first-order valence-electron chi connectivity index (χ1n) is 10.2. The quantitative estimate of drug-likeness (QED) is 0.400. The highest BCUT2D eigenvalue weighted by molar-refractivity contribution is 7.16. The van der Waals surface area contributed by atoms with Crippen molar-refractivity contribution >= 4 is 28.3 Å². The van der Waals surface area contributed by atoms with Gasteiger partial charge in [-0.3, -0.25) is 9.59 Å². The van der Waals surface area contributed by atoms with E-state index >= 15 is 0 Å². The summed E-state index contributed by atoms with van der Waals surface area (Å²) in [5, 5.41) is 12.1. The summed E-state index contributed by atoms with van der Waals surface area (Å²) in [6.07, 6.45) is 1.28. The summed E-state index contributed by atoms with van der Waals surface area (Å²) < 4.78 is 20.0. The molecule has 0 fully saturated rings. The molecule has 0 aliphatic rings. The standard InChI is InChI=1S/C24H17FN6O3S/c1-13-21(18-6-2-4-15(12-26)29-18)31-24(35-13)30-20(32)11-14-7-8-19(17(25)10-14)34-23-16(22(27)33)5-3-9-28-23/h2-10H,11H2,1H3,(H2,27,33)(H,30,31,32). The third-order valence-corrected chi connectivity index (χ3v) is 5.64. The maximum atomic E-state index is 14.6. The van der Waals surface area contributed by atoms with E-state index in [-0.39, 0.29) is 29.3 Å². The maximum Gasteiger partial charge on any atom is 0.254 e. The molecule has 0 aliphatic carbocycles. The SMILES string of the molecule is Cc1sc(NC(=O)Cc2ccc(Oc3ncccc3C(N)=O)c(F)c2)nc1-c1cccc(C#N)n1. The highest BCUT2D eigenvalue weighted by Gasteiger charge is 2.16. The molecule has 0 atom stereocenters. The second kappa shape index (κ2) is 10.1. The molecule has 35 heavy (non-hydrogen) atoms. The number of thiazole rings is 1. The molecule has 2 amide bonds. The van der Waals surface area contributed by atoms with Gasteiger partial charge in [-0.1, -0.05) is 12.1 Å². The summed E-state index contributed by atoms with van der Waals surface area (Å²) in [5.74, 6) is -2.15. The molecule has 4 rings (SSSR count). The van der Waals surface area contributed by atoms with Crippen molar-refractivity contribution in [1.82, 2.24) is 15.0 Å². The average molecular weight is 489 g/mol. The maximum absolute atomic E-state index is 14.6. The number of carbonyl (C=O) groups is 2. The predicted octanol–water partition coefficient (Wildman–Crippen LogP) is 3.99. The van der Waals surface area contributed by atoms with Crippen molar-refractivity contribution in [3.8, 4) is 29.1 Å². The van der Waals surface area contributed by atoms with Crippen LogP contribution < -0.4 is 15.8 Å². The van der Waals surface area contributed by atoms with Crippen LogP contribution in [-0.2, 0) is 11.2 Å². The van der Waals surface area contributed by atoms with Gasteiger partial charge in [0.05, 0.1) is 12.1 Å².